The molecule has 32 heavy (non-hydrogen) atoms. The molecule has 0 spiro atoms. The lowest BCUT2D eigenvalue weighted by Gasteiger charge is -2.22. The average molecular weight is 505 g/mol. The zero-order valence-corrected chi connectivity index (χ0v) is 20.0. The number of sulfonamides is 1. The summed E-state index contributed by atoms with van der Waals surface area (Å²) < 4.78 is 37.0. The molecule has 0 bridgehead atoms. The quantitative estimate of drug-likeness (QED) is 0.390. The van der Waals surface area contributed by atoms with E-state index >= 15 is 0 Å². The predicted octanol–water partition coefficient (Wildman–Crippen LogP) is 1.37. The molecule has 2 rings (SSSR count). The summed E-state index contributed by atoms with van der Waals surface area (Å²) in [4.78, 5) is 38.9. The van der Waals surface area contributed by atoms with E-state index in [1.807, 2.05) is 4.72 Å². The van der Waals surface area contributed by atoms with Crippen molar-refractivity contribution >= 4 is 57.3 Å². The number of urea groups is 1. The first kappa shape index (κ1) is 25.4. The van der Waals surface area contributed by atoms with Crippen molar-refractivity contribution in [3.05, 3.63) is 29.3 Å². The number of nitrogens with zero attached hydrogens (tertiary/aromatic N) is 5. The molecule has 0 aliphatic rings. The van der Waals surface area contributed by atoms with Crippen LogP contribution in [0.3, 0.4) is 0 Å². The molecule has 15 heteroatoms. The van der Waals surface area contributed by atoms with E-state index < -0.39 is 22.0 Å². The van der Waals surface area contributed by atoms with Crippen LogP contribution >= 0.6 is 23.4 Å². The number of benzene rings is 1. The van der Waals surface area contributed by atoms with Crippen LogP contribution in [0.2, 0.25) is 5.02 Å². The van der Waals surface area contributed by atoms with Crippen molar-refractivity contribution < 1.29 is 27.5 Å². The number of carbonyl (C=O) groups is 2. The minimum Gasteiger partial charge on any atom is -0.468 e. The van der Waals surface area contributed by atoms with Gasteiger partial charge in [-0.15, -0.1) is 11.8 Å². The van der Waals surface area contributed by atoms with Crippen LogP contribution in [0.15, 0.2) is 29.2 Å². The van der Waals surface area contributed by atoms with E-state index in [0.29, 0.717) is 0 Å². The van der Waals surface area contributed by atoms with Crippen LogP contribution in [0.4, 0.5) is 16.7 Å². The molecule has 0 unspecified atom stereocenters. The Hall–Kier alpha value is -2.84. The maximum Gasteiger partial charge on any atom is 0.338 e. The lowest BCUT2D eigenvalue weighted by molar-refractivity contribution is -0.137. The third kappa shape index (κ3) is 6.58. The van der Waals surface area contributed by atoms with Crippen molar-refractivity contribution in [2.24, 2.45) is 0 Å². The van der Waals surface area contributed by atoms with E-state index in [1.165, 1.54) is 32.4 Å². The summed E-state index contributed by atoms with van der Waals surface area (Å²) in [5.74, 6) is -0.832. The first-order valence-corrected chi connectivity index (χ1v) is 11.8. The molecule has 0 aliphatic heterocycles. The smallest absolute Gasteiger partial charge is 0.338 e. The maximum atomic E-state index is 13.0. The van der Waals surface area contributed by atoms with Crippen molar-refractivity contribution in [1.82, 2.24) is 19.7 Å². The normalized spacial score (nSPS) is 10.9. The van der Waals surface area contributed by atoms with E-state index in [4.69, 9.17) is 16.3 Å². The number of ether oxygens (including phenoxy) is 2. The highest BCUT2D eigenvalue weighted by atomic mass is 35.5. The van der Waals surface area contributed by atoms with Crippen molar-refractivity contribution in [2.75, 3.05) is 49.7 Å². The summed E-state index contributed by atoms with van der Waals surface area (Å²) in [7, 11) is 1.56. The molecule has 12 nitrogen and oxygen atoms in total. The van der Waals surface area contributed by atoms with Gasteiger partial charge in [-0.1, -0.05) is 23.7 Å². The van der Waals surface area contributed by atoms with Gasteiger partial charge in [0, 0.05) is 14.1 Å². The Morgan fingerprint density at radius 2 is 1.78 bits per heavy atom. The summed E-state index contributed by atoms with van der Waals surface area (Å²) in [6.45, 7) is 0. The monoisotopic (exact) mass is 504 g/mol. The van der Waals surface area contributed by atoms with Gasteiger partial charge in [0.2, 0.25) is 11.9 Å². The fraction of sp³-hybridized carbons (Fsp3) is 0.353. The van der Waals surface area contributed by atoms with Gasteiger partial charge in [-0.05, 0) is 12.1 Å². The van der Waals surface area contributed by atoms with Crippen LogP contribution in [0, 0.1) is 0 Å². The Morgan fingerprint density at radius 1 is 1.12 bits per heavy atom. The number of anilines is 2. The highest BCUT2D eigenvalue weighted by Crippen LogP contribution is 2.22. The average Bonchev–Trinajstić information content (AvgIpc) is 2.75. The van der Waals surface area contributed by atoms with Crippen LogP contribution < -0.4 is 19.3 Å². The summed E-state index contributed by atoms with van der Waals surface area (Å²) in [5, 5.41) is -0.0591. The molecule has 1 heterocycles. The van der Waals surface area contributed by atoms with Gasteiger partial charge >= 0.3 is 18.0 Å². The van der Waals surface area contributed by atoms with Gasteiger partial charge in [0.25, 0.3) is 10.0 Å². The highest BCUT2D eigenvalue weighted by Gasteiger charge is 2.27. The number of carbonyl (C=O) groups excluding carboxylic acids is 2. The van der Waals surface area contributed by atoms with Gasteiger partial charge < -0.3 is 14.4 Å². The minimum atomic E-state index is -4.32. The van der Waals surface area contributed by atoms with E-state index in [2.05, 4.69) is 19.7 Å². The Balaban J connectivity index is 2.40. The van der Waals surface area contributed by atoms with Crippen LogP contribution in [0.5, 0.6) is 6.01 Å². The first-order valence-electron chi connectivity index (χ1n) is 8.79. The SMILES string of the molecule is COC(=O)CSCN(C(=O)NS(=O)(=O)c1ccccc1Cl)c1nc(OC)nc(N(C)C)n1. The molecular formula is C17H21ClN6O6S2. The van der Waals surface area contributed by atoms with Gasteiger partial charge in [0.1, 0.15) is 4.90 Å². The Kier molecular flexibility index (Phi) is 8.86. The molecular weight excluding hydrogens is 484 g/mol. The van der Waals surface area contributed by atoms with Gasteiger partial charge in [0.15, 0.2) is 0 Å². The molecule has 2 aromatic rings. The number of methoxy groups -OCH3 is 2. The molecule has 0 saturated carbocycles. The lowest BCUT2D eigenvalue weighted by Crippen LogP contribution is -2.44. The second-order valence-electron chi connectivity index (χ2n) is 6.14. The van der Waals surface area contributed by atoms with Gasteiger partial charge in [-0.2, -0.15) is 15.0 Å². The Labute approximate surface area is 194 Å². The molecule has 0 fully saturated rings. The number of thioether (sulfide) groups is 1. The minimum absolute atomic E-state index is 0.0591. The van der Waals surface area contributed by atoms with Crippen molar-refractivity contribution in [3.8, 4) is 6.01 Å². The second-order valence-corrected chi connectivity index (χ2v) is 9.15. The number of hydrogen-bond donors (Lipinski definition) is 1. The van der Waals surface area contributed by atoms with Crippen LogP contribution in [-0.4, -0.2) is 75.3 Å². The molecule has 174 valence electrons. The lowest BCUT2D eigenvalue weighted by atomic mass is 10.4. The van der Waals surface area contributed by atoms with E-state index in [1.54, 1.807) is 25.1 Å². The maximum absolute atomic E-state index is 13.0. The number of halogens is 1. The second kappa shape index (κ2) is 11.2. The fourth-order valence-electron chi connectivity index (χ4n) is 2.12. The summed E-state index contributed by atoms with van der Waals surface area (Å²) >= 11 is 6.95. The molecule has 0 aliphatic carbocycles. The summed E-state index contributed by atoms with van der Waals surface area (Å²) in [6, 6.07) is 4.49. The van der Waals surface area contributed by atoms with E-state index in [-0.39, 0.29) is 39.5 Å². The van der Waals surface area contributed by atoms with Crippen molar-refractivity contribution in [3.63, 3.8) is 0 Å². The zero-order valence-electron chi connectivity index (χ0n) is 17.6. The molecule has 1 aromatic carbocycles. The highest BCUT2D eigenvalue weighted by molar-refractivity contribution is 8.00. The fourth-order valence-corrected chi connectivity index (χ4v) is 4.39. The molecule has 1 aromatic heterocycles. The molecule has 0 radical (unpaired) electrons. The topological polar surface area (TPSA) is 144 Å². The van der Waals surface area contributed by atoms with Gasteiger partial charge in [-0.25, -0.2) is 17.9 Å². The van der Waals surface area contributed by atoms with Crippen LogP contribution in [-0.2, 0) is 19.6 Å². The van der Waals surface area contributed by atoms with E-state index in [0.717, 1.165) is 16.7 Å². The number of nitrogens with one attached hydrogen (secondary N) is 1. The third-order valence-corrected chi connectivity index (χ3v) is 6.38. The largest absolute Gasteiger partial charge is 0.468 e. The van der Waals surface area contributed by atoms with E-state index in [9.17, 15) is 18.0 Å². The number of hydrogen-bond acceptors (Lipinski definition) is 11. The Morgan fingerprint density at radius 3 is 2.38 bits per heavy atom. The molecule has 2 amide bonds. The predicted molar refractivity (Wildman–Crippen MR) is 120 cm³/mol. The van der Waals surface area contributed by atoms with Crippen molar-refractivity contribution in [1.29, 1.82) is 0 Å². The summed E-state index contributed by atoms with van der Waals surface area (Å²) in [6.07, 6.45) is 0. The third-order valence-electron chi connectivity index (χ3n) is 3.68. The number of rotatable bonds is 9. The Bertz CT molecular complexity index is 1080. The molecule has 0 atom stereocenters. The van der Waals surface area contributed by atoms with Crippen LogP contribution in [0.1, 0.15) is 0 Å². The standard InChI is InChI=1S/C17H21ClN6O6S2/c1-23(2)14-19-15(21-16(20-14)30-4)24(10-31-9-13(25)29-3)17(26)22-32(27,28)12-8-6-5-7-11(12)18/h5-8H,9-10H2,1-4H3,(H,22,26). The first-order chi connectivity index (χ1) is 15.1. The summed E-state index contributed by atoms with van der Waals surface area (Å²) in [5.41, 5.74) is 0. The van der Waals surface area contributed by atoms with Crippen molar-refractivity contribution in [2.45, 2.75) is 4.90 Å². The molecule has 1 N–H and O–H groups in total. The van der Waals surface area contributed by atoms with Crippen LogP contribution in [0.25, 0.3) is 0 Å². The van der Waals surface area contributed by atoms with Gasteiger partial charge in [0.05, 0.1) is 30.9 Å². The number of esters is 1. The molecule has 0 saturated heterocycles. The zero-order chi connectivity index (χ0) is 23.9. The van der Waals surface area contributed by atoms with Gasteiger partial charge in [-0.3, -0.25) is 9.69 Å². The number of aromatic nitrogens is 3. The number of amides is 2.